The molecule has 2 rings (SSSR count). The van der Waals surface area contributed by atoms with Crippen LogP contribution in [0.5, 0.6) is 5.75 Å². The van der Waals surface area contributed by atoms with E-state index in [2.05, 4.69) is 0 Å². The van der Waals surface area contributed by atoms with Crippen LogP contribution in [0.1, 0.15) is 13.8 Å². The quantitative estimate of drug-likeness (QED) is 0.589. The molecular formula is C13H12O4. The van der Waals surface area contributed by atoms with Gasteiger partial charge in [-0.15, -0.1) is 0 Å². The highest BCUT2D eigenvalue weighted by atomic mass is 16.5. The molecule has 0 atom stereocenters. The van der Waals surface area contributed by atoms with E-state index in [1.54, 1.807) is 38.1 Å². The van der Waals surface area contributed by atoms with Crippen molar-refractivity contribution in [2.45, 2.75) is 13.8 Å². The highest BCUT2D eigenvalue weighted by molar-refractivity contribution is 5.86. The number of esters is 1. The second kappa shape index (κ2) is 4.41. The van der Waals surface area contributed by atoms with Crippen LogP contribution in [0.4, 0.5) is 0 Å². The predicted octanol–water partition coefficient (Wildman–Crippen LogP) is 2.35. The number of carbonyl (C=O) groups excluding carboxylic acids is 1. The Bertz CT molecular complexity index is 610. The number of benzene rings is 1. The molecule has 17 heavy (non-hydrogen) atoms. The van der Waals surface area contributed by atoms with Crippen molar-refractivity contribution < 1.29 is 13.9 Å². The molecule has 4 nitrogen and oxygen atoms in total. The average Bonchev–Trinajstić information content (AvgIpc) is 2.28. The van der Waals surface area contributed by atoms with Crippen LogP contribution in [0.2, 0.25) is 0 Å². The van der Waals surface area contributed by atoms with Gasteiger partial charge in [0.2, 0.25) is 0 Å². The Morgan fingerprint density at radius 3 is 2.71 bits per heavy atom. The van der Waals surface area contributed by atoms with Crippen LogP contribution in [0.15, 0.2) is 39.5 Å². The van der Waals surface area contributed by atoms with Gasteiger partial charge in [0.15, 0.2) is 0 Å². The first-order valence-corrected chi connectivity index (χ1v) is 5.32. The predicted molar refractivity (Wildman–Crippen MR) is 63.0 cm³/mol. The third-order valence-electron chi connectivity index (χ3n) is 2.29. The fraction of sp³-hybridized carbons (Fsp3) is 0.231. The highest BCUT2D eigenvalue weighted by Gasteiger charge is 2.13. The molecule has 1 aromatic heterocycles. The molecular weight excluding hydrogens is 220 g/mol. The Hall–Kier alpha value is -2.10. The van der Waals surface area contributed by atoms with E-state index < -0.39 is 5.63 Å². The molecule has 0 bridgehead atoms. The number of ether oxygens (including phenoxy) is 1. The van der Waals surface area contributed by atoms with Crippen LogP contribution in [0, 0.1) is 5.92 Å². The first kappa shape index (κ1) is 11.4. The van der Waals surface area contributed by atoms with E-state index in [0.29, 0.717) is 11.0 Å². The second-order valence-electron chi connectivity index (χ2n) is 4.00. The van der Waals surface area contributed by atoms with Gasteiger partial charge in [-0.05, 0) is 12.1 Å². The summed E-state index contributed by atoms with van der Waals surface area (Å²) < 4.78 is 10.2. The van der Waals surface area contributed by atoms with Crippen molar-refractivity contribution in [3.8, 4) is 5.75 Å². The second-order valence-corrected chi connectivity index (χ2v) is 4.00. The number of hydrogen-bond acceptors (Lipinski definition) is 4. The largest absolute Gasteiger partial charge is 0.425 e. The van der Waals surface area contributed by atoms with E-state index in [1.165, 1.54) is 6.07 Å². The fourth-order valence-electron chi connectivity index (χ4n) is 1.39. The zero-order valence-corrected chi connectivity index (χ0v) is 9.60. The van der Waals surface area contributed by atoms with Crippen LogP contribution in [-0.2, 0) is 4.79 Å². The molecule has 2 aromatic rings. The van der Waals surface area contributed by atoms with E-state index in [9.17, 15) is 9.59 Å². The minimum atomic E-state index is -0.532. The van der Waals surface area contributed by atoms with Crippen molar-refractivity contribution in [1.29, 1.82) is 0 Å². The first-order chi connectivity index (χ1) is 8.08. The summed E-state index contributed by atoms with van der Waals surface area (Å²) in [5.41, 5.74) is -0.123. The van der Waals surface area contributed by atoms with E-state index in [0.717, 1.165) is 0 Å². The molecule has 1 aromatic carbocycles. The summed E-state index contributed by atoms with van der Waals surface area (Å²) in [7, 11) is 0. The van der Waals surface area contributed by atoms with E-state index in [4.69, 9.17) is 9.15 Å². The standard InChI is InChI=1S/C13H12O4/c1-8(2)13(15)17-11-7-12(14)16-10-6-4-3-5-9(10)11/h3-8H,1-2H3. The van der Waals surface area contributed by atoms with E-state index >= 15 is 0 Å². The van der Waals surface area contributed by atoms with Crippen molar-refractivity contribution in [1.82, 2.24) is 0 Å². The number of carbonyl (C=O) groups is 1. The van der Waals surface area contributed by atoms with Crippen molar-refractivity contribution in [3.63, 3.8) is 0 Å². The Morgan fingerprint density at radius 2 is 2.00 bits per heavy atom. The molecule has 0 aliphatic carbocycles. The third kappa shape index (κ3) is 2.36. The molecule has 0 aliphatic rings. The summed E-state index contributed by atoms with van der Waals surface area (Å²) in [6.07, 6.45) is 0. The van der Waals surface area contributed by atoms with Crippen molar-refractivity contribution in [2.75, 3.05) is 0 Å². The van der Waals surface area contributed by atoms with Crippen molar-refractivity contribution in [2.24, 2.45) is 5.92 Å². The molecule has 4 heteroatoms. The minimum Gasteiger partial charge on any atom is -0.425 e. The van der Waals surface area contributed by atoms with Crippen molar-refractivity contribution >= 4 is 16.9 Å². The lowest BCUT2D eigenvalue weighted by Gasteiger charge is -2.08. The van der Waals surface area contributed by atoms with Crippen LogP contribution < -0.4 is 10.4 Å². The Morgan fingerprint density at radius 1 is 1.29 bits per heavy atom. The molecule has 88 valence electrons. The Labute approximate surface area is 97.8 Å². The van der Waals surface area contributed by atoms with E-state index in [1.807, 2.05) is 0 Å². The Balaban J connectivity index is 2.53. The average molecular weight is 232 g/mol. The van der Waals surface area contributed by atoms with Crippen molar-refractivity contribution in [3.05, 3.63) is 40.8 Å². The van der Waals surface area contributed by atoms with Crippen LogP contribution >= 0.6 is 0 Å². The summed E-state index contributed by atoms with van der Waals surface area (Å²) >= 11 is 0. The summed E-state index contributed by atoms with van der Waals surface area (Å²) in [4.78, 5) is 22.8. The maximum absolute atomic E-state index is 11.5. The van der Waals surface area contributed by atoms with Crippen LogP contribution in [0.3, 0.4) is 0 Å². The number of hydrogen-bond donors (Lipinski definition) is 0. The lowest BCUT2D eigenvalue weighted by Crippen LogP contribution is -2.16. The lowest BCUT2D eigenvalue weighted by molar-refractivity contribution is -0.137. The normalized spacial score (nSPS) is 10.8. The molecule has 0 aliphatic heterocycles. The Kier molecular flexibility index (Phi) is 2.95. The number of para-hydroxylation sites is 1. The smallest absolute Gasteiger partial charge is 0.339 e. The highest BCUT2D eigenvalue weighted by Crippen LogP contribution is 2.23. The third-order valence-corrected chi connectivity index (χ3v) is 2.29. The molecule has 0 saturated carbocycles. The maximum atomic E-state index is 11.5. The summed E-state index contributed by atoms with van der Waals surface area (Å²) in [6, 6.07) is 8.11. The van der Waals surface area contributed by atoms with Gasteiger partial charge >= 0.3 is 11.6 Å². The molecule has 0 radical (unpaired) electrons. The molecule has 0 fully saturated rings. The zero-order valence-electron chi connectivity index (χ0n) is 9.60. The number of rotatable bonds is 2. The van der Waals surface area contributed by atoms with Crippen LogP contribution in [-0.4, -0.2) is 5.97 Å². The van der Waals surface area contributed by atoms with Gasteiger partial charge < -0.3 is 9.15 Å². The SMILES string of the molecule is CC(C)C(=O)Oc1cc(=O)oc2ccccc12. The molecule has 0 saturated heterocycles. The van der Waals surface area contributed by atoms with Gasteiger partial charge in [0.25, 0.3) is 0 Å². The molecule has 0 N–H and O–H groups in total. The van der Waals surface area contributed by atoms with Crippen LogP contribution in [0.25, 0.3) is 11.0 Å². The van der Waals surface area contributed by atoms with Gasteiger partial charge in [0, 0.05) is 0 Å². The molecule has 0 spiro atoms. The van der Waals surface area contributed by atoms with Gasteiger partial charge in [-0.1, -0.05) is 26.0 Å². The molecule has 0 amide bonds. The van der Waals surface area contributed by atoms with Gasteiger partial charge in [-0.2, -0.15) is 0 Å². The summed E-state index contributed by atoms with van der Waals surface area (Å²) in [6.45, 7) is 3.46. The molecule has 1 heterocycles. The fourth-order valence-corrected chi connectivity index (χ4v) is 1.39. The minimum absolute atomic E-state index is 0.246. The van der Waals surface area contributed by atoms with Gasteiger partial charge in [-0.3, -0.25) is 4.79 Å². The molecule has 0 unspecified atom stereocenters. The van der Waals surface area contributed by atoms with Gasteiger partial charge in [0.1, 0.15) is 11.3 Å². The van der Waals surface area contributed by atoms with Gasteiger partial charge in [-0.25, -0.2) is 4.79 Å². The summed E-state index contributed by atoms with van der Waals surface area (Å²) in [5, 5.41) is 0.612. The number of fused-ring (bicyclic) bond motifs is 1. The maximum Gasteiger partial charge on any atom is 0.339 e. The monoisotopic (exact) mass is 232 g/mol. The first-order valence-electron chi connectivity index (χ1n) is 5.32. The van der Waals surface area contributed by atoms with Gasteiger partial charge in [0.05, 0.1) is 17.4 Å². The summed E-state index contributed by atoms with van der Waals surface area (Å²) in [5.74, 6) is -0.377. The topological polar surface area (TPSA) is 56.5 Å². The lowest BCUT2D eigenvalue weighted by atomic mass is 10.2. The van der Waals surface area contributed by atoms with E-state index in [-0.39, 0.29) is 17.6 Å². The zero-order chi connectivity index (χ0) is 12.4.